The van der Waals surface area contributed by atoms with Crippen molar-refractivity contribution in [1.29, 1.82) is 5.26 Å². The maximum atomic E-state index is 12.4. The number of nitriles is 1. The van der Waals surface area contributed by atoms with Crippen molar-refractivity contribution < 1.29 is 13.5 Å². The van der Waals surface area contributed by atoms with E-state index in [9.17, 15) is 18.8 Å². The van der Waals surface area contributed by atoms with Crippen LogP contribution in [0.4, 0.5) is 5.69 Å². The summed E-state index contributed by atoms with van der Waals surface area (Å²) in [6, 6.07) is 18.2. The van der Waals surface area contributed by atoms with E-state index < -0.39 is 16.1 Å². The van der Waals surface area contributed by atoms with Crippen LogP contribution < -0.4 is 9.62 Å². The number of aliphatic hydroxyl groups excluding tert-OH is 1. The minimum Gasteiger partial charge on any atom is -0.392 e. The molecule has 174 valence electrons. The molecular weight excluding hydrogens is 454 g/mol. The van der Waals surface area contributed by atoms with Crippen molar-refractivity contribution in [2.75, 3.05) is 24.5 Å². The van der Waals surface area contributed by atoms with Crippen molar-refractivity contribution in [2.45, 2.75) is 33.3 Å². The molecule has 0 saturated heterocycles. The van der Waals surface area contributed by atoms with Gasteiger partial charge >= 0.3 is 0 Å². The SMILES string of the molecule is CCC(O)CNS(=O)(=O)/C(C#N)=C/c1ccc(-c2ccc3cc(N(CC)CC)ccc3c2)s1. The zero-order chi connectivity index (χ0) is 24.0. The molecule has 2 aromatic carbocycles. The van der Waals surface area contributed by atoms with Gasteiger partial charge in [-0.05, 0) is 73.0 Å². The highest BCUT2D eigenvalue weighted by molar-refractivity contribution is 7.93. The Hall–Kier alpha value is -2.70. The van der Waals surface area contributed by atoms with Gasteiger partial charge in [0.2, 0.25) is 0 Å². The number of nitrogens with one attached hydrogen (secondary N) is 1. The lowest BCUT2D eigenvalue weighted by Gasteiger charge is -2.21. The molecule has 6 nitrogen and oxygen atoms in total. The third-order valence-corrected chi connectivity index (χ3v) is 7.93. The fraction of sp³-hybridized carbons (Fsp3) is 0.320. The van der Waals surface area contributed by atoms with Crippen molar-refractivity contribution >= 4 is 43.9 Å². The van der Waals surface area contributed by atoms with E-state index in [1.165, 1.54) is 23.1 Å². The number of nitrogens with zero attached hydrogens (tertiary/aromatic N) is 2. The lowest BCUT2D eigenvalue weighted by Crippen LogP contribution is -2.32. The number of benzene rings is 2. The van der Waals surface area contributed by atoms with Gasteiger partial charge < -0.3 is 10.0 Å². The molecule has 3 aromatic rings. The Labute approximate surface area is 199 Å². The average molecular weight is 484 g/mol. The maximum absolute atomic E-state index is 12.4. The highest BCUT2D eigenvalue weighted by Crippen LogP contribution is 2.33. The van der Waals surface area contributed by atoms with Gasteiger partial charge in [-0.1, -0.05) is 25.1 Å². The number of rotatable bonds is 10. The van der Waals surface area contributed by atoms with Crippen LogP contribution in [0.15, 0.2) is 53.4 Å². The molecular formula is C25H29N3O3S2. The second-order valence-electron chi connectivity index (χ2n) is 7.65. The number of aliphatic hydroxyl groups is 1. The van der Waals surface area contributed by atoms with E-state index in [-0.39, 0.29) is 11.4 Å². The molecule has 8 heteroatoms. The predicted octanol–water partition coefficient (Wildman–Crippen LogP) is 4.97. The highest BCUT2D eigenvalue weighted by atomic mass is 32.2. The minimum atomic E-state index is -3.98. The first-order chi connectivity index (χ1) is 15.8. The molecule has 2 N–H and O–H groups in total. The summed E-state index contributed by atoms with van der Waals surface area (Å²) in [5, 5.41) is 21.3. The predicted molar refractivity (Wildman–Crippen MR) is 138 cm³/mol. The lowest BCUT2D eigenvalue weighted by atomic mass is 10.0. The van der Waals surface area contributed by atoms with Crippen molar-refractivity contribution in [3.63, 3.8) is 0 Å². The van der Waals surface area contributed by atoms with Crippen LogP contribution in [0.25, 0.3) is 27.3 Å². The van der Waals surface area contributed by atoms with Crippen molar-refractivity contribution in [2.24, 2.45) is 0 Å². The summed E-state index contributed by atoms with van der Waals surface area (Å²) in [4.78, 5) is 3.59. The van der Waals surface area contributed by atoms with Gasteiger partial charge in [0.15, 0.2) is 4.91 Å². The number of anilines is 1. The van der Waals surface area contributed by atoms with Crippen LogP contribution in [0.2, 0.25) is 0 Å². The molecule has 3 rings (SSSR count). The smallest absolute Gasteiger partial charge is 0.250 e. The number of sulfonamides is 1. The third kappa shape index (κ3) is 6.01. The summed E-state index contributed by atoms with van der Waals surface area (Å²) in [6.45, 7) is 7.84. The number of hydrogen-bond donors (Lipinski definition) is 2. The molecule has 1 unspecified atom stereocenters. The summed E-state index contributed by atoms with van der Waals surface area (Å²) in [6.07, 6.45) is 1.00. The number of fused-ring (bicyclic) bond motifs is 1. The first kappa shape index (κ1) is 24.9. The average Bonchev–Trinajstić information content (AvgIpc) is 3.30. The van der Waals surface area contributed by atoms with Crippen molar-refractivity contribution in [1.82, 2.24) is 4.72 Å². The fourth-order valence-corrected chi connectivity index (χ4v) is 5.48. The van der Waals surface area contributed by atoms with E-state index in [4.69, 9.17) is 0 Å². The summed E-state index contributed by atoms with van der Waals surface area (Å²) in [7, 11) is -3.98. The molecule has 0 radical (unpaired) electrons. The van der Waals surface area contributed by atoms with Crippen LogP contribution in [0, 0.1) is 11.3 Å². The van der Waals surface area contributed by atoms with E-state index in [1.54, 1.807) is 19.1 Å². The summed E-state index contributed by atoms with van der Waals surface area (Å²) < 4.78 is 27.1. The second-order valence-corrected chi connectivity index (χ2v) is 10.5. The van der Waals surface area contributed by atoms with Crippen LogP contribution in [0.5, 0.6) is 0 Å². The van der Waals surface area contributed by atoms with Crippen LogP contribution in [-0.2, 0) is 10.0 Å². The maximum Gasteiger partial charge on any atom is 0.250 e. The monoisotopic (exact) mass is 483 g/mol. The standard InChI is InChI=1S/C25H29N3O3S2/c1-4-22(29)17-27-33(30,31)24(16-26)15-23-11-12-25(32-23)20-8-7-19-14-21(28(5-2)6-3)10-9-18(19)13-20/h7-15,22,27,29H,4-6,17H2,1-3H3/b24-15+. The molecule has 1 atom stereocenters. The normalized spacial score (nSPS) is 13.1. The van der Waals surface area contributed by atoms with E-state index >= 15 is 0 Å². The number of hydrogen-bond acceptors (Lipinski definition) is 6. The highest BCUT2D eigenvalue weighted by Gasteiger charge is 2.19. The Morgan fingerprint density at radius 3 is 2.48 bits per heavy atom. The summed E-state index contributed by atoms with van der Waals surface area (Å²) in [5.41, 5.74) is 2.24. The minimum absolute atomic E-state index is 0.124. The molecule has 0 bridgehead atoms. The summed E-state index contributed by atoms with van der Waals surface area (Å²) >= 11 is 1.42. The van der Waals surface area contributed by atoms with Crippen molar-refractivity contribution in [3.8, 4) is 16.5 Å². The van der Waals surface area contributed by atoms with E-state index in [0.29, 0.717) is 11.3 Å². The van der Waals surface area contributed by atoms with Crippen LogP contribution in [-0.4, -0.2) is 39.3 Å². The van der Waals surface area contributed by atoms with Crippen molar-refractivity contribution in [3.05, 3.63) is 58.3 Å². The molecule has 33 heavy (non-hydrogen) atoms. The van der Waals surface area contributed by atoms with Gasteiger partial charge in [0.05, 0.1) is 6.10 Å². The molecule has 0 saturated carbocycles. The first-order valence-corrected chi connectivity index (χ1v) is 13.3. The topological polar surface area (TPSA) is 93.4 Å². The van der Waals surface area contributed by atoms with E-state index in [0.717, 1.165) is 34.3 Å². The fourth-order valence-electron chi connectivity index (χ4n) is 3.48. The molecule has 0 fully saturated rings. The number of allylic oxidation sites excluding steroid dienone is 1. The molecule has 0 spiro atoms. The van der Waals surface area contributed by atoms with Gasteiger partial charge in [-0.25, -0.2) is 13.1 Å². The number of thiophene rings is 1. The van der Waals surface area contributed by atoms with Gasteiger partial charge in [0.1, 0.15) is 6.07 Å². The van der Waals surface area contributed by atoms with Gasteiger partial charge in [-0.15, -0.1) is 11.3 Å². The van der Waals surface area contributed by atoms with Gasteiger partial charge in [0.25, 0.3) is 10.0 Å². The molecule has 1 aromatic heterocycles. The second kappa shape index (κ2) is 10.9. The first-order valence-electron chi connectivity index (χ1n) is 11.0. The van der Waals surface area contributed by atoms with E-state index in [1.807, 2.05) is 6.07 Å². The van der Waals surface area contributed by atoms with Crippen LogP contribution in [0.1, 0.15) is 32.1 Å². The zero-order valence-corrected chi connectivity index (χ0v) is 20.7. The van der Waals surface area contributed by atoms with Crippen LogP contribution in [0.3, 0.4) is 0 Å². The van der Waals surface area contributed by atoms with Gasteiger partial charge in [-0.3, -0.25) is 0 Å². The Balaban J connectivity index is 1.85. The quantitative estimate of drug-likeness (QED) is 0.397. The molecule has 0 aliphatic rings. The summed E-state index contributed by atoms with van der Waals surface area (Å²) in [5.74, 6) is 0. The van der Waals surface area contributed by atoms with Gasteiger partial charge in [0, 0.05) is 35.1 Å². The molecule has 0 amide bonds. The zero-order valence-electron chi connectivity index (χ0n) is 19.1. The molecule has 0 aliphatic carbocycles. The Bertz CT molecular complexity index is 1290. The lowest BCUT2D eigenvalue weighted by molar-refractivity contribution is 0.174. The largest absolute Gasteiger partial charge is 0.392 e. The Morgan fingerprint density at radius 2 is 1.82 bits per heavy atom. The Kier molecular flexibility index (Phi) is 8.27. The molecule has 1 heterocycles. The third-order valence-electron chi connectivity index (χ3n) is 5.52. The molecule has 0 aliphatic heterocycles. The Morgan fingerprint density at radius 1 is 1.12 bits per heavy atom. The van der Waals surface area contributed by atoms with Crippen LogP contribution >= 0.6 is 11.3 Å². The van der Waals surface area contributed by atoms with E-state index in [2.05, 4.69) is 59.9 Å². The van der Waals surface area contributed by atoms with Gasteiger partial charge in [-0.2, -0.15) is 5.26 Å².